The van der Waals surface area contributed by atoms with Crippen LogP contribution in [0.15, 0.2) is 85.5 Å². The number of aliphatic hydroxyl groups is 1. The van der Waals surface area contributed by atoms with Crippen molar-refractivity contribution >= 4 is 42.4 Å². The molecule has 3 aromatic rings. The number of nitrogens with zero attached hydrogens (tertiary/aromatic N) is 2. The quantitative estimate of drug-likeness (QED) is 0.176. The maximum atomic E-state index is 14.9. The maximum Gasteiger partial charge on any atom is 0.264 e. The zero-order valence-corrected chi connectivity index (χ0v) is 31.1. The molecule has 2 saturated heterocycles. The van der Waals surface area contributed by atoms with Gasteiger partial charge in [0.25, 0.3) is 5.91 Å². The topological polar surface area (TPSA) is 120 Å². The summed E-state index contributed by atoms with van der Waals surface area (Å²) in [4.78, 5) is 45.7. The number of aliphatic hydroxyl groups excluding tert-OH is 1. The molecule has 0 aromatic heterocycles. The van der Waals surface area contributed by atoms with Crippen LogP contribution in [-0.2, 0) is 31.3 Å². The van der Waals surface area contributed by atoms with Crippen LogP contribution in [0.5, 0.6) is 5.75 Å². The molecule has 3 amide bonds. The van der Waals surface area contributed by atoms with Crippen LogP contribution in [0.4, 0.5) is 11.4 Å². The molecule has 0 aliphatic carbocycles. The molecule has 0 bridgehead atoms. The van der Waals surface area contributed by atoms with Gasteiger partial charge in [0.1, 0.15) is 5.75 Å². The molecule has 51 heavy (non-hydrogen) atoms. The first-order valence-electron chi connectivity index (χ1n) is 17.9. The maximum absolute atomic E-state index is 14.9. The molecule has 3 aromatic carbocycles. The van der Waals surface area contributed by atoms with Gasteiger partial charge in [-0.05, 0) is 60.8 Å². The van der Waals surface area contributed by atoms with E-state index in [0.717, 1.165) is 35.9 Å². The third-order valence-corrected chi connectivity index (χ3v) is 15.5. The summed E-state index contributed by atoms with van der Waals surface area (Å²) in [7, 11) is -0.873. The average Bonchev–Trinajstić information content (AvgIpc) is 3.83. The third-order valence-electron chi connectivity index (χ3n) is 11.1. The lowest BCUT2D eigenvalue weighted by molar-refractivity contribution is -0.149. The van der Waals surface area contributed by atoms with Gasteiger partial charge >= 0.3 is 0 Å². The lowest BCUT2D eigenvalue weighted by Gasteiger charge is -2.37. The monoisotopic (exact) mass is 710 g/mol. The van der Waals surface area contributed by atoms with Crippen molar-refractivity contribution in [1.29, 1.82) is 0 Å². The molecule has 10 nitrogen and oxygen atoms in total. The first-order valence-corrected chi connectivity index (χ1v) is 21.0. The van der Waals surface area contributed by atoms with Gasteiger partial charge in [-0.3, -0.25) is 14.4 Å². The zero-order chi connectivity index (χ0) is 36.3. The molecule has 3 heterocycles. The van der Waals surface area contributed by atoms with E-state index in [0.29, 0.717) is 23.5 Å². The Labute approximate surface area is 301 Å². The summed E-state index contributed by atoms with van der Waals surface area (Å²) in [6.07, 6.45) is 2.86. The molecule has 11 heteroatoms. The van der Waals surface area contributed by atoms with E-state index < -0.39 is 19.8 Å². The van der Waals surface area contributed by atoms with E-state index in [-0.39, 0.29) is 61.3 Å². The number of carbonyl (C=O) groups excluding carboxylic acids is 3. The summed E-state index contributed by atoms with van der Waals surface area (Å²) in [5.41, 5.74) is 1.40. The van der Waals surface area contributed by atoms with Crippen molar-refractivity contribution in [3.05, 3.63) is 96.6 Å². The summed E-state index contributed by atoms with van der Waals surface area (Å²) >= 11 is 0. The van der Waals surface area contributed by atoms with E-state index in [2.05, 4.69) is 49.4 Å². The Morgan fingerprint density at radius 2 is 1.90 bits per heavy atom. The number of carbonyl (C=O) groups is 3. The molecule has 2 fully saturated rings. The highest BCUT2D eigenvalue weighted by Crippen LogP contribution is 2.60. The van der Waals surface area contributed by atoms with Gasteiger partial charge in [-0.2, -0.15) is 0 Å². The Morgan fingerprint density at radius 1 is 1.16 bits per heavy atom. The zero-order valence-electron chi connectivity index (χ0n) is 30.1. The van der Waals surface area contributed by atoms with Gasteiger partial charge in [0.05, 0.1) is 46.0 Å². The standard InChI is InChI=1S/C40H50N4O6Si/c1-6-21-44-34-19-14-29(42-38(47)33-13-10-20-41-33)24-32(34)40(39(44)48)27(2)37(51(4,5)31-17-15-30(49-3)16-18-31)35(50-40)25-36(46)43(22-23-45)26-28-11-8-7-9-12-28/h6-9,11-12,14-19,24,27,33,35,37,41,45H,1,10,13,20-23,25-26H2,2-5H3,(H,42,47)/t27-,33-,35+,37-,40+/m1/s1. The van der Waals surface area contributed by atoms with Gasteiger partial charge in [-0.25, -0.2) is 0 Å². The Kier molecular flexibility index (Phi) is 10.8. The van der Waals surface area contributed by atoms with Crippen molar-refractivity contribution in [2.45, 2.75) is 69.1 Å². The fraction of sp³-hybridized carbons (Fsp3) is 0.425. The second kappa shape index (κ2) is 15.1. The smallest absolute Gasteiger partial charge is 0.264 e. The second-order valence-electron chi connectivity index (χ2n) is 14.5. The first kappa shape index (κ1) is 36.5. The lowest BCUT2D eigenvalue weighted by Crippen LogP contribution is -2.52. The number of methoxy groups -OCH3 is 1. The molecular weight excluding hydrogens is 661 g/mol. The Morgan fingerprint density at radius 3 is 2.55 bits per heavy atom. The minimum absolute atomic E-state index is 0.0457. The summed E-state index contributed by atoms with van der Waals surface area (Å²) < 4.78 is 12.6. The van der Waals surface area contributed by atoms with E-state index in [1.165, 1.54) is 0 Å². The van der Waals surface area contributed by atoms with E-state index in [1.807, 2.05) is 60.7 Å². The number of anilines is 2. The van der Waals surface area contributed by atoms with Gasteiger partial charge in [-0.15, -0.1) is 6.58 Å². The van der Waals surface area contributed by atoms with E-state index in [9.17, 15) is 19.5 Å². The van der Waals surface area contributed by atoms with Gasteiger partial charge in [0.2, 0.25) is 11.8 Å². The molecule has 0 saturated carbocycles. The van der Waals surface area contributed by atoms with Gasteiger partial charge in [0.15, 0.2) is 5.60 Å². The van der Waals surface area contributed by atoms with Crippen LogP contribution < -0.4 is 25.5 Å². The highest BCUT2D eigenvalue weighted by Gasteiger charge is 2.66. The molecule has 5 atom stereocenters. The summed E-state index contributed by atoms with van der Waals surface area (Å²) in [5, 5.41) is 17.5. The molecule has 3 aliphatic rings. The minimum Gasteiger partial charge on any atom is -0.497 e. The van der Waals surface area contributed by atoms with Crippen LogP contribution in [0.3, 0.4) is 0 Å². The molecule has 1 spiro atoms. The third kappa shape index (κ3) is 6.87. The minimum atomic E-state index is -2.51. The van der Waals surface area contributed by atoms with E-state index >= 15 is 0 Å². The van der Waals surface area contributed by atoms with Crippen LogP contribution in [0.1, 0.15) is 37.3 Å². The van der Waals surface area contributed by atoms with Crippen molar-refractivity contribution in [3.8, 4) is 5.75 Å². The first-order chi connectivity index (χ1) is 24.5. The molecular formula is C40H50N4O6Si. The molecule has 270 valence electrons. The number of rotatable bonds is 13. The second-order valence-corrected chi connectivity index (χ2v) is 19.1. The van der Waals surface area contributed by atoms with Crippen molar-refractivity contribution in [2.24, 2.45) is 5.92 Å². The Hall–Kier alpha value is -4.29. The molecule has 0 radical (unpaired) electrons. The number of hydrogen-bond acceptors (Lipinski definition) is 7. The fourth-order valence-corrected chi connectivity index (χ4v) is 12.6. The van der Waals surface area contributed by atoms with Crippen LogP contribution in [-0.4, -0.2) is 81.3 Å². The normalized spacial score (nSPS) is 24.1. The summed E-state index contributed by atoms with van der Waals surface area (Å²) in [6, 6.07) is 23.1. The molecule has 3 aliphatic heterocycles. The van der Waals surface area contributed by atoms with Crippen molar-refractivity contribution < 1.29 is 29.0 Å². The van der Waals surface area contributed by atoms with Crippen molar-refractivity contribution in [3.63, 3.8) is 0 Å². The number of amides is 3. The highest BCUT2D eigenvalue weighted by molar-refractivity contribution is 6.91. The molecule has 0 unspecified atom stereocenters. The number of hydrogen-bond donors (Lipinski definition) is 3. The number of ether oxygens (including phenoxy) is 2. The molecule has 6 rings (SSSR count). The fourth-order valence-electron chi connectivity index (χ4n) is 8.56. The number of benzene rings is 3. The van der Waals surface area contributed by atoms with Crippen molar-refractivity contribution in [2.75, 3.05) is 43.6 Å². The highest BCUT2D eigenvalue weighted by atomic mass is 28.3. The lowest BCUT2D eigenvalue weighted by atomic mass is 9.82. The number of nitrogens with one attached hydrogen (secondary N) is 2. The SMILES string of the molecule is C=CCN1C(=O)[C@@]2(O[C@@H](CC(=O)N(CCO)Cc3ccccc3)[C@H]([Si](C)(C)c3ccc(OC)cc3)[C@H]2C)c2cc(NC(=O)[C@H]3CCCN3)ccc21. The van der Waals surface area contributed by atoms with Crippen LogP contribution in [0, 0.1) is 5.92 Å². The van der Waals surface area contributed by atoms with Crippen molar-refractivity contribution in [1.82, 2.24) is 10.2 Å². The summed E-state index contributed by atoms with van der Waals surface area (Å²) in [6.45, 7) is 12.0. The van der Waals surface area contributed by atoms with Crippen LogP contribution in [0.25, 0.3) is 0 Å². The molecule has 3 N–H and O–H groups in total. The van der Waals surface area contributed by atoms with E-state index in [1.54, 1.807) is 23.0 Å². The summed E-state index contributed by atoms with van der Waals surface area (Å²) in [5.74, 6) is -0.0217. The van der Waals surface area contributed by atoms with Crippen LogP contribution in [0.2, 0.25) is 18.6 Å². The van der Waals surface area contributed by atoms with Gasteiger partial charge in [-0.1, -0.05) is 73.7 Å². The average molecular weight is 711 g/mol. The van der Waals surface area contributed by atoms with Gasteiger partial charge in [0, 0.05) is 36.8 Å². The largest absolute Gasteiger partial charge is 0.497 e. The predicted molar refractivity (Wildman–Crippen MR) is 202 cm³/mol. The Bertz CT molecular complexity index is 1750. The predicted octanol–water partition coefficient (Wildman–Crippen LogP) is 4.55. The van der Waals surface area contributed by atoms with E-state index in [4.69, 9.17) is 9.47 Å². The van der Waals surface area contributed by atoms with Crippen LogP contribution >= 0.6 is 0 Å². The van der Waals surface area contributed by atoms with Gasteiger partial charge < -0.3 is 35.0 Å². The number of fused-ring (bicyclic) bond motifs is 2. The Balaban J connectivity index is 1.42.